The highest BCUT2D eigenvalue weighted by Crippen LogP contribution is 2.21. The molecule has 0 aliphatic carbocycles. The fourth-order valence-corrected chi connectivity index (χ4v) is 13.9. The summed E-state index contributed by atoms with van der Waals surface area (Å²) in [6, 6.07) is 0. The van der Waals surface area contributed by atoms with E-state index in [1.807, 2.05) is 0 Å². The minimum atomic E-state index is -0.649. The van der Waals surface area contributed by atoms with E-state index in [0.717, 1.165) is 25.7 Å². The molecule has 4 heteroatoms. The summed E-state index contributed by atoms with van der Waals surface area (Å²) in [5.41, 5.74) is 0. The minimum Gasteiger partial charge on any atom is -0.481 e. The summed E-state index contributed by atoms with van der Waals surface area (Å²) < 4.78 is 5.52. The fourth-order valence-electron chi connectivity index (χ4n) is 13.9. The van der Waals surface area contributed by atoms with Crippen LogP contribution in [0.5, 0.6) is 0 Å². The van der Waals surface area contributed by atoms with Crippen LogP contribution in [0.25, 0.3) is 0 Å². The number of carbonyl (C=O) groups excluding carboxylic acids is 1. The second kappa shape index (κ2) is 87.9. The fraction of sp³-hybridized carbons (Fsp3) is 0.977. The van der Waals surface area contributed by atoms with Gasteiger partial charge in [-0.3, -0.25) is 9.59 Å². The number of carboxylic acid groups (broad SMARTS) is 1. The van der Waals surface area contributed by atoms with Gasteiger partial charge >= 0.3 is 11.9 Å². The van der Waals surface area contributed by atoms with Crippen molar-refractivity contribution in [1.82, 2.24) is 0 Å². The number of unbranched alkanes of at least 4 members (excludes halogenated alkanes) is 75. The normalized spacial score (nSPS) is 11.5. The first-order valence-electron chi connectivity index (χ1n) is 43.0. The van der Waals surface area contributed by atoms with Gasteiger partial charge in [0.2, 0.25) is 0 Å². The van der Waals surface area contributed by atoms with E-state index in [4.69, 9.17) is 9.84 Å². The number of hydrogen-bond acceptors (Lipinski definition) is 3. The van der Waals surface area contributed by atoms with Crippen molar-refractivity contribution in [1.29, 1.82) is 0 Å². The van der Waals surface area contributed by atoms with Gasteiger partial charge in [0.25, 0.3) is 0 Å². The van der Waals surface area contributed by atoms with Gasteiger partial charge in [-0.1, -0.05) is 502 Å². The molecule has 0 unspecified atom stereocenters. The average molecular weight is 1270 g/mol. The van der Waals surface area contributed by atoms with Crippen molar-refractivity contribution in [2.24, 2.45) is 0 Å². The first-order valence-corrected chi connectivity index (χ1v) is 43.0. The highest BCUT2D eigenvalue weighted by Gasteiger charge is 2.05. The Hall–Kier alpha value is -1.06. The number of ether oxygens (including phenoxy) is 1. The highest BCUT2D eigenvalue weighted by molar-refractivity contribution is 5.69. The van der Waals surface area contributed by atoms with Crippen LogP contribution in [-0.4, -0.2) is 23.7 Å². The van der Waals surface area contributed by atoms with E-state index in [0.29, 0.717) is 19.4 Å². The lowest BCUT2D eigenvalue weighted by Gasteiger charge is -2.06. The summed E-state index contributed by atoms with van der Waals surface area (Å²) >= 11 is 0. The third-order valence-electron chi connectivity index (χ3n) is 20.2. The van der Waals surface area contributed by atoms with Crippen LogP contribution in [0, 0.1) is 0 Å². The predicted octanol–water partition coefficient (Wildman–Crippen LogP) is 31.9. The molecule has 0 aromatic rings. The second-order valence-corrected chi connectivity index (χ2v) is 29.6. The highest BCUT2D eigenvalue weighted by atomic mass is 16.5. The van der Waals surface area contributed by atoms with Crippen LogP contribution in [-0.2, 0) is 14.3 Å². The molecule has 0 rings (SSSR count). The molecule has 540 valence electrons. The lowest BCUT2D eigenvalue weighted by Crippen LogP contribution is -2.05. The molecule has 0 heterocycles. The maximum Gasteiger partial charge on any atom is 0.305 e. The first-order chi connectivity index (χ1) is 44.6. The van der Waals surface area contributed by atoms with Gasteiger partial charge in [0.05, 0.1) is 6.61 Å². The Balaban J connectivity index is 0. The molecule has 0 spiro atoms. The van der Waals surface area contributed by atoms with E-state index < -0.39 is 5.97 Å². The number of esters is 1. The van der Waals surface area contributed by atoms with Crippen molar-refractivity contribution in [2.45, 2.75) is 534 Å². The van der Waals surface area contributed by atoms with Gasteiger partial charge in [0.15, 0.2) is 0 Å². The minimum absolute atomic E-state index is 0.0362. The molecular weight excluding hydrogens is 1100 g/mol. The topological polar surface area (TPSA) is 63.6 Å². The van der Waals surface area contributed by atoms with Crippen molar-refractivity contribution in [3.63, 3.8) is 0 Å². The standard InChI is InChI=1S/C58H116O2.C28H56O2/c1-3-5-7-9-11-13-15-17-19-21-23-25-27-29-30-31-33-35-37-39-41-43-45-47-49-51-53-55-57-60-58(59)56-54-52-50-48-46-44-42-40-38-36-34-32-28-26-24-22-20-18-16-14-12-10-8-6-4-2;1-2-3-4-5-6-7-8-9-10-11-12-13-14-15-16-17-18-19-20-21-22-23-24-25-26-27-28(29)30/h3-57H2,1-2H3;2-27H2,1H3,(H,29,30). The van der Waals surface area contributed by atoms with E-state index in [1.54, 1.807) is 0 Å². The largest absolute Gasteiger partial charge is 0.481 e. The van der Waals surface area contributed by atoms with Crippen LogP contribution in [0.4, 0.5) is 0 Å². The van der Waals surface area contributed by atoms with E-state index in [2.05, 4.69) is 20.8 Å². The van der Waals surface area contributed by atoms with Crippen LogP contribution in [0.1, 0.15) is 534 Å². The number of hydrogen-bond donors (Lipinski definition) is 1. The predicted molar refractivity (Wildman–Crippen MR) is 405 cm³/mol. The maximum atomic E-state index is 12.1. The van der Waals surface area contributed by atoms with Gasteiger partial charge in [0.1, 0.15) is 0 Å². The lowest BCUT2D eigenvalue weighted by molar-refractivity contribution is -0.144. The van der Waals surface area contributed by atoms with E-state index in [1.165, 1.54) is 475 Å². The number of carboxylic acids is 1. The Morgan fingerprint density at radius 2 is 0.300 bits per heavy atom. The molecule has 0 saturated carbocycles. The molecule has 0 aliphatic rings. The Bertz CT molecular complexity index is 1250. The molecule has 0 amide bonds. The summed E-state index contributed by atoms with van der Waals surface area (Å²) in [4.78, 5) is 22.5. The summed E-state index contributed by atoms with van der Waals surface area (Å²) in [6.07, 6.45) is 111. The zero-order valence-corrected chi connectivity index (χ0v) is 62.9. The van der Waals surface area contributed by atoms with Gasteiger partial charge < -0.3 is 9.84 Å². The first kappa shape index (κ1) is 91.0. The Labute approximate surface area is 569 Å². The molecule has 0 radical (unpaired) electrons. The Kier molecular flexibility index (Phi) is 88.9. The third kappa shape index (κ3) is 91.1. The second-order valence-electron chi connectivity index (χ2n) is 29.6. The zero-order chi connectivity index (χ0) is 65.1. The molecule has 0 bridgehead atoms. The molecule has 0 aromatic heterocycles. The van der Waals surface area contributed by atoms with Crippen LogP contribution >= 0.6 is 0 Å². The maximum absolute atomic E-state index is 12.1. The number of rotatable bonds is 81. The molecule has 0 saturated heterocycles. The molecule has 0 aliphatic heterocycles. The average Bonchev–Trinajstić information content (AvgIpc) is 3.54. The molecule has 90 heavy (non-hydrogen) atoms. The van der Waals surface area contributed by atoms with Gasteiger partial charge in [-0.15, -0.1) is 0 Å². The van der Waals surface area contributed by atoms with Crippen molar-refractivity contribution >= 4 is 11.9 Å². The Morgan fingerprint density at radius 3 is 0.444 bits per heavy atom. The van der Waals surface area contributed by atoms with Gasteiger partial charge in [-0.2, -0.15) is 0 Å². The lowest BCUT2D eigenvalue weighted by atomic mass is 10.0. The monoisotopic (exact) mass is 1270 g/mol. The van der Waals surface area contributed by atoms with Gasteiger partial charge in [0, 0.05) is 12.8 Å². The summed E-state index contributed by atoms with van der Waals surface area (Å²) in [6.45, 7) is 7.54. The molecule has 1 N–H and O–H groups in total. The van der Waals surface area contributed by atoms with Crippen molar-refractivity contribution in [3.05, 3.63) is 0 Å². The zero-order valence-electron chi connectivity index (χ0n) is 62.9. The van der Waals surface area contributed by atoms with Crippen molar-refractivity contribution in [2.75, 3.05) is 6.61 Å². The Morgan fingerprint density at radius 1 is 0.178 bits per heavy atom. The third-order valence-corrected chi connectivity index (χ3v) is 20.2. The van der Waals surface area contributed by atoms with E-state index in [9.17, 15) is 9.59 Å². The summed E-state index contributed by atoms with van der Waals surface area (Å²) in [5, 5.41) is 8.60. The molecule has 0 atom stereocenters. The summed E-state index contributed by atoms with van der Waals surface area (Å²) in [5.74, 6) is -0.613. The van der Waals surface area contributed by atoms with E-state index >= 15 is 0 Å². The molecule has 0 fully saturated rings. The van der Waals surface area contributed by atoms with Crippen molar-refractivity contribution < 1.29 is 19.4 Å². The SMILES string of the molecule is CCCCCCCCCCCCCCCCCCCCCCCCCCCC(=O)O.CCCCCCCCCCCCCCCCCCCCCCCCCCCCCCOC(=O)CCCCCCCCCCCCCCCCCCCCCCCCCCC. The van der Waals surface area contributed by atoms with Crippen LogP contribution in [0.3, 0.4) is 0 Å². The molecule has 0 aromatic carbocycles. The van der Waals surface area contributed by atoms with E-state index in [-0.39, 0.29) is 5.97 Å². The molecule has 4 nitrogen and oxygen atoms in total. The quantitative estimate of drug-likeness (QED) is 0.0487. The molecular formula is C86H172O4. The van der Waals surface area contributed by atoms with Crippen molar-refractivity contribution in [3.8, 4) is 0 Å². The summed E-state index contributed by atoms with van der Waals surface area (Å²) in [7, 11) is 0. The number of carbonyl (C=O) groups is 2. The van der Waals surface area contributed by atoms with Gasteiger partial charge in [-0.05, 0) is 19.3 Å². The van der Waals surface area contributed by atoms with Crippen LogP contribution in [0.15, 0.2) is 0 Å². The van der Waals surface area contributed by atoms with Crippen LogP contribution in [0.2, 0.25) is 0 Å². The van der Waals surface area contributed by atoms with Gasteiger partial charge in [-0.25, -0.2) is 0 Å². The number of aliphatic carboxylic acids is 1. The smallest absolute Gasteiger partial charge is 0.305 e. The van der Waals surface area contributed by atoms with Crippen LogP contribution < -0.4 is 0 Å².